The largest absolute Gasteiger partial charge is 0.495 e. The van der Waals surface area contributed by atoms with Gasteiger partial charge in [0.05, 0.1) is 17.6 Å². The Morgan fingerprint density at radius 3 is 2.31 bits per heavy atom. The summed E-state index contributed by atoms with van der Waals surface area (Å²) in [6.45, 7) is 0. The summed E-state index contributed by atoms with van der Waals surface area (Å²) in [4.78, 5) is 23.4. The quantitative estimate of drug-likeness (QED) is 0.795. The molecule has 8 heteroatoms. The molecule has 0 aliphatic heterocycles. The van der Waals surface area contributed by atoms with E-state index in [1.807, 2.05) is 0 Å². The molecule has 7 nitrogen and oxygen atoms in total. The Labute approximate surface area is 151 Å². The van der Waals surface area contributed by atoms with Crippen molar-refractivity contribution in [1.29, 1.82) is 0 Å². The molecule has 1 saturated carbocycles. The van der Waals surface area contributed by atoms with Crippen LogP contribution >= 0.6 is 0 Å². The summed E-state index contributed by atoms with van der Waals surface area (Å²) in [5.41, 5.74) is 5.64. The highest BCUT2D eigenvalue weighted by molar-refractivity contribution is 7.91. The van der Waals surface area contributed by atoms with Gasteiger partial charge in [0, 0.05) is 11.6 Å². The Morgan fingerprint density at radius 2 is 1.77 bits per heavy atom. The molecule has 0 heterocycles. The van der Waals surface area contributed by atoms with E-state index in [1.54, 1.807) is 0 Å². The lowest BCUT2D eigenvalue weighted by molar-refractivity contribution is 0.0949. The molecule has 3 N–H and O–H groups in total. The maximum atomic E-state index is 12.9. The van der Waals surface area contributed by atoms with Crippen LogP contribution in [0.25, 0.3) is 0 Å². The summed E-state index contributed by atoms with van der Waals surface area (Å²) in [5, 5.41) is 2.84. The number of amides is 2. The van der Waals surface area contributed by atoms with Crippen LogP contribution in [0.4, 0.5) is 0 Å². The van der Waals surface area contributed by atoms with Crippen molar-refractivity contribution < 1.29 is 22.7 Å². The van der Waals surface area contributed by atoms with Gasteiger partial charge in [-0.2, -0.15) is 0 Å². The number of benzene rings is 2. The smallest absolute Gasteiger partial charge is 0.252 e. The molecule has 136 valence electrons. The Hall–Kier alpha value is -2.87. The monoisotopic (exact) mass is 374 g/mol. The molecule has 2 aromatic carbocycles. The molecule has 0 aromatic heterocycles. The van der Waals surface area contributed by atoms with Gasteiger partial charge in [0.25, 0.3) is 11.8 Å². The number of hydrogen-bond donors (Lipinski definition) is 2. The molecule has 2 aromatic rings. The molecule has 0 atom stereocenters. The summed E-state index contributed by atoms with van der Waals surface area (Å²) in [6, 6.07) is 9.99. The second kappa shape index (κ2) is 6.80. The van der Waals surface area contributed by atoms with Gasteiger partial charge >= 0.3 is 0 Å². The van der Waals surface area contributed by atoms with Crippen LogP contribution in [0.3, 0.4) is 0 Å². The van der Waals surface area contributed by atoms with Crippen molar-refractivity contribution >= 4 is 21.7 Å². The van der Waals surface area contributed by atoms with Crippen LogP contribution in [0.1, 0.15) is 33.6 Å². The Kier molecular flexibility index (Phi) is 4.69. The third kappa shape index (κ3) is 3.41. The fraction of sp³-hybridized carbons (Fsp3) is 0.222. The van der Waals surface area contributed by atoms with E-state index in [9.17, 15) is 18.0 Å². The minimum absolute atomic E-state index is 0.0135. The van der Waals surface area contributed by atoms with E-state index in [0.29, 0.717) is 5.56 Å². The second-order valence-corrected chi connectivity index (χ2v) is 7.89. The summed E-state index contributed by atoms with van der Waals surface area (Å²) < 4.78 is 31.0. The zero-order valence-corrected chi connectivity index (χ0v) is 14.9. The minimum atomic E-state index is -3.96. The van der Waals surface area contributed by atoms with Gasteiger partial charge in [-0.1, -0.05) is 6.07 Å². The fourth-order valence-electron chi connectivity index (χ4n) is 2.54. The van der Waals surface area contributed by atoms with Crippen molar-refractivity contribution in [3.63, 3.8) is 0 Å². The van der Waals surface area contributed by atoms with Gasteiger partial charge in [0.2, 0.25) is 9.84 Å². The first kappa shape index (κ1) is 17.9. The summed E-state index contributed by atoms with van der Waals surface area (Å²) in [5.74, 6) is -1.12. The number of carbonyl (C=O) groups excluding carboxylic acids is 2. The number of nitrogens with one attached hydrogen (secondary N) is 1. The van der Waals surface area contributed by atoms with Crippen LogP contribution in [0.5, 0.6) is 5.75 Å². The van der Waals surface area contributed by atoms with Crippen LogP contribution in [0.2, 0.25) is 0 Å². The molecule has 0 saturated heterocycles. The number of primary amides is 1. The topological polar surface area (TPSA) is 116 Å². The second-order valence-electron chi connectivity index (χ2n) is 5.98. The molecular formula is C18H18N2O5S. The first-order chi connectivity index (χ1) is 12.3. The Balaban J connectivity index is 1.96. The molecule has 1 aliphatic carbocycles. The highest BCUT2D eigenvalue weighted by Crippen LogP contribution is 2.32. The zero-order valence-electron chi connectivity index (χ0n) is 14.1. The number of para-hydroxylation sites is 1. The van der Waals surface area contributed by atoms with Gasteiger partial charge in [-0.3, -0.25) is 9.59 Å². The number of carbonyl (C=O) groups is 2. The van der Waals surface area contributed by atoms with Crippen molar-refractivity contribution in [2.24, 2.45) is 5.73 Å². The minimum Gasteiger partial charge on any atom is -0.495 e. The molecule has 2 amide bonds. The van der Waals surface area contributed by atoms with E-state index in [1.165, 1.54) is 49.6 Å². The maximum Gasteiger partial charge on any atom is 0.252 e. The van der Waals surface area contributed by atoms with Crippen LogP contribution in [-0.2, 0) is 9.84 Å². The SMILES string of the molecule is COc1c(C(N)=O)cccc1S(=O)(=O)c1ccc(C(=O)NC2CC2)cc1. The summed E-state index contributed by atoms with van der Waals surface area (Å²) >= 11 is 0. The predicted molar refractivity (Wildman–Crippen MR) is 93.9 cm³/mol. The van der Waals surface area contributed by atoms with E-state index in [-0.39, 0.29) is 33.1 Å². The predicted octanol–water partition coefficient (Wildman–Crippen LogP) is 1.52. The van der Waals surface area contributed by atoms with Gasteiger partial charge in [-0.15, -0.1) is 0 Å². The molecule has 1 fully saturated rings. The lowest BCUT2D eigenvalue weighted by Gasteiger charge is -2.12. The van der Waals surface area contributed by atoms with Crippen molar-refractivity contribution in [1.82, 2.24) is 5.32 Å². The molecule has 0 spiro atoms. The molecule has 26 heavy (non-hydrogen) atoms. The number of ether oxygens (including phenoxy) is 1. The number of hydrogen-bond acceptors (Lipinski definition) is 5. The first-order valence-electron chi connectivity index (χ1n) is 7.97. The third-order valence-electron chi connectivity index (χ3n) is 4.08. The maximum absolute atomic E-state index is 12.9. The van der Waals surface area contributed by atoms with Gasteiger partial charge in [-0.05, 0) is 49.2 Å². The Bertz CT molecular complexity index is 964. The van der Waals surface area contributed by atoms with E-state index in [0.717, 1.165) is 12.8 Å². The molecule has 0 unspecified atom stereocenters. The molecule has 3 rings (SSSR count). The van der Waals surface area contributed by atoms with Crippen molar-refractivity contribution in [3.05, 3.63) is 53.6 Å². The van der Waals surface area contributed by atoms with E-state index in [2.05, 4.69) is 5.32 Å². The third-order valence-corrected chi connectivity index (χ3v) is 5.87. The van der Waals surface area contributed by atoms with E-state index in [4.69, 9.17) is 10.5 Å². The summed E-state index contributed by atoms with van der Waals surface area (Å²) in [6.07, 6.45) is 1.93. The van der Waals surface area contributed by atoms with E-state index >= 15 is 0 Å². The van der Waals surface area contributed by atoms with E-state index < -0.39 is 15.7 Å². The van der Waals surface area contributed by atoms with Crippen LogP contribution in [0.15, 0.2) is 52.3 Å². The highest BCUT2D eigenvalue weighted by atomic mass is 32.2. The van der Waals surface area contributed by atoms with Crippen molar-refractivity contribution in [3.8, 4) is 5.75 Å². The molecule has 0 radical (unpaired) electrons. The first-order valence-corrected chi connectivity index (χ1v) is 9.45. The average Bonchev–Trinajstić information content (AvgIpc) is 3.44. The number of methoxy groups -OCH3 is 1. The lowest BCUT2D eigenvalue weighted by atomic mass is 10.2. The molecular weight excluding hydrogens is 356 g/mol. The van der Waals surface area contributed by atoms with Gasteiger partial charge < -0.3 is 15.8 Å². The normalized spacial score (nSPS) is 13.9. The van der Waals surface area contributed by atoms with Gasteiger partial charge in [0.15, 0.2) is 5.75 Å². The Morgan fingerprint density at radius 1 is 1.12 bits per heavy atom. The standard InChI is InChI=1S/C18H18N2O5S/c1-25-16-14(17(19)21)3-2-4-15(16)26(23,24)13-9-5-11(6-10-13)18(22)20-12-7-8-12/h2-6,9-10,12H,7-8H2,1H3,(H2,19,21)(H,20,22). The van der Waals surface area contributed by atoms with Crippen molar-refractivity contribution in [2.45, 2.75) is 28.7 Å². The van der Waals surface area contributed by atoms with Crippen LogP contribution in [0, 0.1) is 0 Å². The zero-order chi connectivity index (χ0) is 18.9. The molecule has 0 bridgehead atoms. The highest BCUT2D eigenvalue weighted by Gasteiger charge is 2.27. The molecule has 1 aliphatic rings. The fourth-order valence-corrected chi connectivity index (χ4v) is 3.98. The van der Waals surface area contributed by atoms with Crippen LogP contribution in [-0.4, -0.2) is 33.4 Å². The van der Waals surface area contributed by atoms with Gasteiger partial charge in [0.1, 0.15) is 4.90 Å². The van der Waals surface area contributed by atoms with Crippen LogP contribution < -0.4 is 15.8 Å². The average molecular weight is 374 g/mol. The van der Waals surface area contributed by atoms with Crippen molar-refractivity contribution in [2.75, 3.05) is 7.11 Å². The number of nitrogens with two attached hydrogens (primary N) is 1. The number of rotatable bonds is 6. The number of sulfone groups is 1. The van der Waals surface area contributed by atoms with Gasteiger partial charge in [-0.25, -0.2) is 8.42 Å². The summed E-state index contributed by atoms with van der Waals surface area (Å²) in [7, 11) is -2.69. The lowest BCUT2D eigenvalue weighted by Crippen LogP contribution is -2.25.